The first kappa shape index (κ1) is 14.3. The van der Waals surface area contributed by atoms with Crippen molar-refractivity contribution < 1.29 is 14.3 Å². The Hall–Kier alpha value is -1.66. The van der Waals surface area contributed by atoms with Crippen molar-refractivity contribution in [2.75, 3.05) is 13.1 Å². The van der Waals surface area contributed by atoms with Crippen molar-refractivity contribution in [1.82, 2.24) is 9.88 Å². The van der Waals surface area contributed by atoms with E-state index in [1.165, 1.54) is 11.3 Å². The highest BCUT2D eigenvalue weighted by molar-refractivity contribution is 7.13. The average Bonchev–Trinajstić information content (AvgIpc) is 3.07. The fourth-order valence-corrected chi connectivity index (χ4v) is 3.39. The van der Waals surface area contributed by atoms with Gasteiger partial charge in [0, 0.05) is 18.5 Å². The Balaban J connectivity index is 1.65. The van der Waals surface area contributed by atoms with E-state index in [9.17, 15) is 9.90 Å². The maximum absolute atomic E-state index is 12.3. The van der Waals surface area contributed by atoms with Gasteiger partial charge in [0.25, 0.3) is 0 Å². The summed E-state index contributed by atoms with van der Waals surface area (Å²) in [6, 6.07) is 3.67. The summed E-state index contributed by atoms with van der Waals surface area (Å²) in [4.78, 5) is 18.5. The molecule has 1 N–H and O–H groups in total. The van der Waals surface area contributed by atoms with Crippen molar-refractivity contribution in [2.45, 2.75) is 31.8 Å². The molecule has 21 heavy (non-hydrogen) atoms. The number of aromatic nitrogens is 1. The molecule has 0 bridgehead atoms. The van der Waals surface area contributed by atoms with Crippen LogP contribution in [0.1, 0.15) is 25.5 Å². The number of thiazole rings is 1. The molecule has 3 rings (SSSR count). The molecule has 1 aliphatic rings. The van der Waals surface area contributed by atoms with Crippen LogP contribution in [0.2, 0.25) is 0 Å². The van der Waals surface area contributed by atoms with Crippen LogP contribution in [0.25, 0.3) is 10.8 Å². The summed E-state index contributed by atoms with van der Waals surface area (Å²) in [5, 5.41) is 12.7. The predicted molar refractivity (Wildman–Crippen MR) is 80.0 cm³/mol. The van der Waals surface area contributed by atoms with Crippen molar-refractivity contribution in [2.24, 2.45) is 0 Å². The fourth-order valence-electron chi connectivity index (χ4n) is 2.60. The highest BCUT2D eigenvalue weighted by atomic mass is 32.1. The van der Waals surface area contributed by atoms with Crippen LogP contribution in [0, 0.1) is 0 Å². The molecule has 6 heteroatoms. The number of rotatable bonds is 3. The summed E-state index contributed by atoms with van der Waals surface area (Å²) in [5.41, 5.74) is -0.0170. The number of hydrogen-bond donors (Lipinski definition) is 1. The van der Waals surface area contributed by atoms with Crippen molar-refractivity contribution >= 4 is 17.2 Å². The molecule has 0 radical (unpaired) electrons. The Kier molecular flexibility index (Phi) is 3.82. The van der Waals surface area contributed by atoms with Gasteiger partial charge in [0.15, 0.2) is 10.8 Å². The smallest absolute Gasteiger partial charge is 0.228 e. The van der Waals surface area contributed by atoms with E-state index in [1.54, 1.807) is 18.1 Å². The molecule has 3 heterocycles. The lowest BCUT2D eigenvalue weighted by atomic mass is 9.95. The molecule has 2 aromatic rings. The molecule has 112 valence electrons. The average molecular weight is 306 g/mol. The van der Waals surface area contributed by atoms with Crippen molar-refractivity contribution in [1.29, 1.82) is 0 Å². The lowest BCUT2D eigenvalue weighted by Gasteiger charge is -2.36. The molecule has 1 saturated heterocycles. The van der Waals surface area contributed by atoms with Crippen LogP contribution >= 0.6 is 11.3 Å². The number of piperidine rings is 1. The van der Waals surface area contributed by atoms with Gasteiger partial charge in [0.1, 0.15) is 0 Å². The molecule has 0 aromatic carbocycles. The zero-order valence-electron chi connectivity index (χ0n) is 11.9. The van der Waals surface area contributed by atoms with E-state index < -0.39 is 5.60 Å². The third-order valence-corrected chi connectivity index (χ3v) is 4.55. The van der Waals surface area contributed by atoms with Crippen LogP contribution in [0.4, 0.5) is 0 Å². The van der Waals surface area contributed by atoms with E-state index in [4.69, 9.17) is 4.42 Å². The van der Waals surface area contributed by atoms with Crippen LogP contribution in [-0.2, 0) is 11.2 Å². The van der Waals surface area contributed by atoms with Gasteiger partial charge in [-0.1, -0.05) is 0 Å². The van der Waals surface area contributed by atoms with Gasteiger partial charge < -0.3 is 14.4 Å². The molecule has 2 aromatic heterocycles. The van der Waals surface area contributed by atoms with Gasteiger partial charge in [-0.15, -0.1) is 11.3 Å². The van der Waals surface area contributed by atoms with Crippen molar-refractivity contribution in [3.63, 3.8) is 0 Å². The number of carbonyl (C=O) groups excluding carboxylic acids is 1. The molecule has 1 atom stereocenters. The first-order chi connectivity index (χ1) is 10.0. The summed E-state index contributed by atoms with van der Waals surface area (Å²) in [6.45, 7) is 2.90. The van der Waals surface area contributed by atoms with Gasteiger partial charge in [-0.05, 0) is 31.9 Å². The molecule has 1 fully saturated rings. The van der Waals surface area contributed by atoms with Crippen molar-refractivity contribution in [3.8, 4) is 10.8 Å². The zero-order chi connectivity index (χ0) is 14.9. The Labute approximate surface area is 127 Å². The van der Waals surface area contributed by atoms with Gasteiger partial charge in [-0.2, -0.15) is 0 Å². The second-order valence-electron chi connectivity index (χ2n) is 5.71. The van der Waals surface area contributed by atoms with E-state index in [2.05, 4.69) is 4.98 Å². The number of furan rings is 1. The molecule has 0 saturated carbocycles. The molecule has 0 spiro atoms. The standard InChI is InChI=1S/C15H18N2O3S/c1-15(19)5-3-6-17(10-15)13(18)8-11-9-21-14(16-11)12-4-2-7-20-12/h2,4,7,9,19H,3,5-6,8,10H2,1H3. The van der Waals surface area contributed by atoms with Crippen LogP contribution < -0.4 is 0 Å². The maximum atomic E-state index is 12.3. The Morgan fingerprint density at radius 3 is 3.19 bits per heavy atom. The second kappa shape index (κ2) is 5.61. The number of nitrogens with zero attached hydrogens (tertiary/aromatic N) is 2. The lowest BCUT2D eigenvalue weighted by molar-refractivity contribution is -0.136. The number of carbonyl (C=O) groups is 1. The van der Waals surface area contributed by atoms with E-state index in [-0.39, 0.29) is 12.3 Å². The third kappa shape index (κ3) is 3.33. The summed E-state index contributed by atoms with van der Waals surface area (Å²) in [6.07, 6.45) is 3.47. The monoisotopic (exact) mass is 306 g/mol. The maximum Gasteiger partial charge on any atom is 0.228 e. The SMILES string of the molecule is CC1(O)CCCN(C(=O)Cc2csc(-c3ccco3)n2)C1. The zero-order valence-corrected chi connectivity index (χ0v) is 12.7. The minimum Gasteiger partial charge on any atom is -0.462 e. The Morgan fingerprint density at radius 2 is 2.48 bits per heavy atom. The van der Waals surface area contributed by atoms with Gasteiger partial charge >= 0.3 is 0 Å². The largest absolute Gasteiger partial charge is 0.462 e. The van der Waals surface area contributed by atoms with Gasteiger partial charge in [-0.3, -0.25) is 4.79 Å². The van der Waals surface area contributed by atoms with E-state index >= 15 is 0 Å². The molecule has 1 unspecified atom stereocenters. The quantitative estimate of drug-likeness (QED) is 0.945. The molecule has 5 nitrogen and oxygen atoms in total. The summed E-state index contributed by atoms with van der Waals surface area (Å²) < 4.78 is 5.30. The van der Waals surface area contributed by atoms with Crippen LogP contribution in [0.5, 0.6) is 0 Å². The number of β-amino-alcohol motifs (C(OH)–C–C–N with tert-alkyl or cyclic N) is 1. The normalized spacial score (nSPS) is 22.5. The van der Waals surface area contributed by atoms with Crippen LogP contribution in [0.15, 0.2) is 28.2 Å². The Bertz CT molecular complexity index is 619. The van der Waals surface area contributed by atoms with Crippen molar-refractivity contribution in [3.05, 3.63) is 29.5 Å². The number of likely N-dealkylation sites (tertiary alicyclic amines) is 1. The molecule has 0 aliphatic carbocycles. The fraction of sp³-hybridized carbons (Fsp3) is 0.467. The number of hydrogen-bond acceptors (Lipinski definition) is 5. The minimum atomic E-state index is -0.769. The van der Waals surface area contributed by atoms with Crippen LogP contribution in [-0.4, -0.2) is 39.6 Å². The number of aliphatic hydroxyl groups is 1. The van der Waals surface area contributed by atoms with Gasteiger partial charge in [0.05, 0.1) is 24.0 Å². The molecule has 1 aliphatic heterocycles. The number of amides is 1. The van der Waals surface area contributed by atoms with E-state index in [0.717, 1.165) is 29.3 Å². The van der Waals surface area contributed by atoms with Crippen LogP contribution in [0.3, 0.4) is 0 Å². The van der Waals surface area contributed by atoms with E-state index in [0.29, 0.717) is 13.1 Å². The highest BCUT2D eigenvalue weighted by Crippen LogP contribution is 2.25. The summed E-state index contributed by atoms with van der Waals surface area (Å²) in [7, 11) is 0. The predicted octanol–water partition coefficient (Wildman–Crippen LogP) is 2.32. The molecular weight excluding hydrogens is 288 g/mol. The second-order valence-corrected chi connectivity index (χ2v) is 6.57. The Morgan fingerprint density at radius 1 is 1.62 bits per heavy atom. The summed E-state index contributed by atoms with van der Waals surface area (Å²) >= 11 is 1.47. The van der Waals surface area contributed by atoms with E-state index in [1.807, 2.05) is 17.5 Å². The van der Waals surface area contributed by atoms with Gasteiger partial charge in [0.2, 0.25) is 5.91 Å². The topological polar surface area (TPSA) is 66.6 Å². The minimum absolute atomic E-state index is 0.0197. The summed E-state index contributed by atoms with van der Waals surface area (Å²) in [5.74, 6) is 0.742. The first-order valence-corrected chi connectivity index (χ1v) is 7.90. The highest BCUT2D eigenvalue weighted by Gasteiger charge is 2.31. The molecule has 1 amide bonds. The lowest BCUT2D eigenvalue weighted by Crippen LogP contribution is -2.49. The first-order valence-electron chi connectivity index (χ1n) is 7.02. The molecular formula is C15H18N2O3S. The third-order valence-electron chi connectivity index (χ3n) is 3.64. The van der Waals surface area contributed by atoms with Gasteiger partial charge in [-0.25, -0.2) is 4.98 Å².